The number of rotatable bonds is 5. The molecule has 1 aromatic carbocycles. The molecule has 142 valence electrons. The minimum Gasteiger partial charge on any atom is -0.462 e. The summed E-state index contributed by atoms with van der Waals surface area (Å²) in [5, 5.41) is 3.14. The standard InChI is InChI=1S/C19H22N4O4/c1-3-27-19(25)14-4-6-15(7-5-14)22-17-12-16(20-13(2)21-17)18(24)23-8-10-26-11-9-23/h4-7,12H,3,8-11H2,1-2H3,(H,20,21,22). The number of ether oxygens (including phenoxy) is 2. The highest BCUT2D eigenvalue weighted by atomic mass is 16.5. The largest absolute Gasteiger partial charge is 0.462 e. The van der Waals surface area contributed by atoms with Crippen LogP contribution in [0.1, 0.15) is 33.6 Å². The van der Waals surface area contributed by atoms with E-state index >= 15 is 0 Å². The molecular formula is C19H22N4O4. The van der Waals surface area contributed by atoms with Gasteiger partial charge in [0.05, 0.1) is 25.4 Å². The highest BCUT2D eigenvalue weighted by Gasteiger charge is 2.20. The third-order valence-electron chi connectivity index (χ3n) is 4.02. The smallest absolute Gasteiger partial charge is 0.338 e. The molecule has 27 heavy (non-hydrogen) atoms. The van der Waals surface area contributed by atoms with Crippen molar-refractivity contribution in [1.29, 1.82) is 0 Å². The van der Waals surface area contributed by atoms with E-state index in [4.69, 9.17) is 9.47 Å². The molecule has 0 bridgehead atoms. The Morgan fingerprint density at radius 2 is 1.89 bits per heavy atom. The van der Waals surface area contributed by atoms with E-state index in [0.29, 0.717) is 55.8 Å². The summed E-state index contributed by atoms with van der Waals surface area (Å²) in [5.74, 6) is 0.521. The van der Waals surface area contributed by atoms with Gasteiger partial charge in [0, 0.05) is 24.8 Å². The molecule has 0 spiro atoms. The summed E-state index contributed by atoms with van der Waals surface area (Å²) in [6.45, 7) is 6.02. The molecule has 1 aliphatic rings. The van der Waals surface area contributed by atoms with Crippen molar-refractivity contribution in [2.24, 2.45) is 0 Å². The summed E-state index contributed by atoms with van der Waals surface area (Å²) in [6, 6.07) is 8.49. The number of morpholine rings is 1. The van der Waals surface area contributed by atoms with Crippen LogP contribution in [0.2, 0.25) is 0 Å². The molecule has 0 aliphatic carbocycles. The summed E-state index contributed by atoms with van der Waals surface area (Å²) >= 11 is 0. The summed E-state index contributed by atoms with van der Waals surface area (Å²) < 4.78 is 10.3. The zero-order valence-corrected chi connectivity index (χ0v) is 15.4. The predicted octanol–water partition coefficient (Wildman–Crippen LogP) is 2.18. The number of esters is 1. The number of hydrogen-bond acceptors (Lipinski definition) is 7. The summed E-state index contributed by atoms with van der Waals surface area (Å²) in [7, 11) is 0. The van der Waals surface area contributed by atoms with Gasteiger partial charge in [-0.1, -0.05) is 0 Å². The second-order valence-electron chi connectivity index (χ2n) is 6.01. The second kappa shape index (κ2) is 8.59. The minimum absolute atomic E-state index is 0.135. The lowest BCUT2D eigenvalue weighted by molar-refractivity contribution is 0.0298. The average Bonchev–Trinajstić information content (AvgIpc) is 2.68. The maximum Gasteiger partial charge on any atom is 0.338 e. The van der Waals surface area contributed by atoms with Gasteiger partial charge in [0.1, 0.15) is 17.3 Å². The Balaban J connectivity index is 1.74. The Labute approximate surface area is 157 Å². The van der Waals surface area contributed by atoms with Gasteiger partial charge in [-0.3, -0.25) is 4.79 Å². The maximum atomic E-state index is 12.6. The van der Waals surface area contributed by atoms with Crippen LogP contribution >= 0.6 is 0 Å². The van der Waals surface area contributed by atoms with Crippen molar-refractivity contribution in [2.75, 3.05) is 38.2 Å². The number of benzene rings is 1. The van der Waals surface area contributed by atoms with E-state index in [1.54, 1.807) is 49.1 Å². The Morgan fingerprint density at radius 3 is 2.56 bits per heavy atom. The quantitative estimate of drug-likeness (QED) is 0.806. The van der Waals surface area contributed by atoms with Gasteiger partial charge in [-0.25, -0.2) is 14.8 Å². The number of nitrogens with one attached hydrogen (secondary N) is 1. The van der Waals surface area contributed by atoms with E-state index in [9.17, 15) is 9.59 Å². The van der Waals surface area contributed by atoms with Crippen molar-refractivity contribution in [1.82, 2.24) is 14.9 Å². The topological polar surface area (TPSA) is 93.7 Å². The van der Waals surface area contributed by atoms with Crippen LogP contribution in [0, 0.1) is 6.92 Å². The second-order valence-corrected chi connectivity index (χ2v) is 6.01. The Hall–Kier alpha value is -3.00. The van der Waals surface area contributed by atoms with E-state index in [-0.39, 0.29) is 11.9 Å². The van der Waals surface area contributed by atoms with Gasteiger partial charge in [-0.05, 0) is 38.1 Å². The monoisotopic (exact) mass is 370 g/mol. The molecular weight excluding hydrogens is 348 g/mol. The summed E-state index contributed by atoms with van der Waals surface area (Å²) in [6.07, 6.45) is 0. The zero-order chi connectivity index (χ0) is 19.2. The van der Waals surface area contributed by atoms with Crippen LogP contribution in [0.3, 0.4) is 0 Å². The van der Waals surface area contributed by atoms with Crippen LogP contribution in [0.4, 0.5) is 11.5 Å². The first-order valence-corrected chi connectivity index (χ1v) is 8.83. The van der Waals surface area contributed by atoms with Crippen molar-refractivity contribution in [3.05, 3.63) is 47.4 Å². The van der Waals surface area contributed by atoms with Crippen molar-refractivity contribution >= 4 is 23.4 Å². The van der Waals surface area contributed by atoms with Gasteiger partial charge in [0.15, 0.2) is 0 Å². The lowest BCUT2D eigenvalue weighted by atomic mass is 10.2. The number of hydrogen-bond donors (Lipinski definition) is 1. The fourth-order valence-electron chi connectivity index (χ4n) is 2.72. The molecule has 8 nitrogen and oxygen atoms in total. The van der Waals surface area contributed by atoms with E-state index in [0.717, 1.165) is 5.69 Å². The first-order chi connectivity index (χ1) is 13.1. The molecule has 1 aliphatic heterocycles. The first-order valence-electron chi connectivity index (χ1n) is 8.83. The Bertz CT molecular complexity index is 817. The third kappa shape index (κ3) is 4.79. The number of nitrogens with zero attached hydrogens (tertiary/aromatic N) is 3. The minimum atomic E-state index is -0.361. The van der Waals surface area contributed by atoms with Crippen LogP contribution < -0.4 is 5.32 Å². The number of anilines is 2. The molecule has 0 radical (unpaired) electrons. The molecule has 3 rings (SSSR count). The fraction of sp³-hybridized carbons (Fsp3) is 0.368. The maximum absolute atomic E-state index is 12.6. The highest BCUT2D eigenvalue weighted by Crippen LogP contribution is 2.18. The van der Waals surface area contributed by atoms with Crippen LogP contribution in [0.25, 0.3) is 0 Å². The average molecular weight is 370 g/mol. The lowest BCUT2D eigenvalue weighted by Gasteiger charge is -2.26. The molecule has 0 unspecified atom stereocenters. The van der Waals surface area contributed by atoms with E-state index < -0.39 is 0 Å². The van der Waals surface area contributed by atoms with Crippen molar-refractivity contribution in [3.8, 4) is 0 Å². The van der Waals surface area contributed by atoms with Crippen molar-refractivity contribution < 1.29 is 19.1 Å². The van der Waals surface area contributed by atoms with Gasteiger partial charge in [-0.15, -0.1) is 0 Å². The lowest BCUT2D eigenvalue weighted by Crippen LogP contribution is -2.41. The van der Waals surface area contributed by atoms with Crippen LogP contribution in [-0.2, 0) is 9.47 Å². The van der Waals surface area contributed by atoms with Gasteiger partial charge < -0.3 is 19.7 Å². The molecule has 8 heteroatoms. The van der Waals surface area contributed by atoms with Crippen molar-refractivity contribution in [3.63, 3.8) is 0 Å². The summed E-state index contributed by atoms with van der Waals surface area (Å²) in [5.41, 5.74) is 1.56. The summed E-state index contributed by atoms with van der Waals surface area (Å²) in [4.78, 5) is 34.7. The molecule has 0 saturated carbocycles. The van der Waals surface area contributed by atoms with E-state index in [1.165, 1.54) is 0 Å². The molecule has 2 heterocycles. The number of carbonyl (C=O) groups excluding carboxylic acids is 2. The molecule has 1 fully saturated rings. The van der Waals surface area contributed by atoms with Gasteiger partial charge in [0.2, 0.25) is 0 Å². The van der Waals surface area contributed by atoms with Crippen LogP contribution in [0.5, 0.6) is 0 Å². The number of aromatic nitrogens is 2. The molecule has 0 atom stereocenters. The van der Waals surface area contributed by atoms with Gasteiger partial charge in [-0.2, -0.15) is 0 Å². The Morgan fingerprint density at radius 1 is 1.19 bits per heavy atom. The molecule has 1 amide bonds. The number of aryl methyl sites for hydroxylation is 1. The SMILES string of the molecule is CCOC(=O)c1ccc(Nc2cc(C(=O)N3CCOCC3)nc(C)n2)cc1. The molecule has 1 saturated heterocycles. The van der Waals surface area contributed by atoms with Crippen LogP contribution in [0.15, 0.2) is 30.3 Å². The van der Waals surface area contributed by atoms with Gasteiger partial charge in [0.25, 0.3) is 5.91 Å². The third-order valence-corrected chi connectivity index (χ3v) is 4.02. The van der Waals surface area contributed by atoms with Crippen LogP contribution in [-0.4, -0.2) is 59.7 Å². The molecule has 1 aromatic heterocycles. The van der Waals surface area contributed by atoms with E-state index in [2.05, 4.69) is 15.3 Å². The zero-order valence-electron chi connectivity index (χ0n) is 15.4. The first kappa shape index (κ1) is 18.8. The predicted molar refractivity (Wildman–Crippen MR) is 99.2 cm³/mol. The fourth-order valence-corrected chi connectivity index (χ4v) is 2.72. The highest BCUT2D eigenvalue weighted by molar-refractivity contribution is 5.93. The normalized spacial score (nSPS) is 13.9. The Kier molecular flexibility index (Phi) is 5.97. The van der Waals surface area contributed by atoms with Crippen molar-refractivity contribution in [2.45, 2.75) is 13.8 Å². The van der Waals surface area contributed by atoms with E-state index in [1.807, 2.05) is 0 Å². The number of carbonyl (C=O) groups is 2. The number of amides is 1. The van der Waals surface area contributed by atoms with Gasteiger partial charge >= 0.3 is 5.97 Å². The molecule has 1 N–H and O–H groups in total. The molecule has 2 aromatic rings.